The maximum absolute atomic E-state index is 12.4. The number of aromatic nitrogens is 2. The minimum atomic E-state index is -0.587. The molecule has 0 aliphatic heterocycles. The highest BCUT2D eigenvalue weighted by Crippen LogP contribution is 2.19. The predicted molar refractivity (Wildman–Crippen MR) is 155 cm³/mol. The summed E-state index contributed by atoms with van der Waals surface area (Å²) < 4.78 is 0. The average molecular weight is 545 g/mol. The van der Waals surface area contributed by atoms with Crippen LogP contribution in [0, 0.1) is 0 Å². The minimum Gasteiger partial charge on any atom is -0.360 e. The number of carbonyl (C=O) groups is 4. The first-order chi connectivity index (χ1) is 19.6. The van der Waals surface area contributed by atoms with E-state index in [4.69, 9.17) is 0 Å². The summed E-state index contributed by atoms with van der Waals surface area (Å²) in [6.07, 6.45) is 6.65. The van der Waals surface area contributed by atoms with Crippen molar-refractivity contribution in [2.75, 3.05) is 39.3 Å². The molecule has 0 spiro atoms. The number of aromatic amines is 2. The van der Waals surface area contributed by atoms with Gasteiger partial charge in [0.15, 0.2) is 0 Å². The third kappa shape index (κ3) is 7.64. The van der Waals surface area contributed by atoms with E-state index in [-0.39, 0.29) is 0 Å². The van der Waals surface area contributed by atoms with Gasteiger partial charge in [0.1, 0.15) is 0 Å². The lowest BCUT2D eigenvalue weighted by atomic mass is 10.1. The summed E-state index contributed by atoms with van der Waals surface area (Å²) in [4.78, 5) is 55.3. The lowest BCUT2D eigenvalue weighted by molar-refractivity contribution is -0.117. The lowest BCUT2D eigenvalue weighted by Gasteiger charge is -2.08. The number of nitrogens with one attached hydrogen (secondary N) is 6. The SMILES string of the molecule is O=C(NCCCNCCCCNCCCNC(=O)C(=O)c1c[nH]c2ccccc12)C(=O)c1c[nH]c2ccccc12. The van der Waals surface area contributed by atoms with Gasteiger partial charge in [-0.1, -0.05) is 36.4 Å². The van der Waals surface area contributed by atoms with Gasteiger partial charge in [0.2, 0.25) is 0 Å². The third-order valence-corrected chi connectivity index (χ3v) is 6.67. The summed E-state index contributed by atoms with van der Waals surface area (Å²) in [5, 5.41) is 13.6. The summed E-state index contributed by atoms with van der Waals surface area (Å²) >= 11 is 0. The molecule has 10 heteroatoms. The fraction of sp³-hybridized carbons (Fsp3) is 0.333. The highest BCUT2D eigenvalue weighted by Gasteiger charge is 2.20. The van der Waals surface area contributed by atoms with Crippen LogP contribution in [0.15, 0.2) is 60.9 Å². The molecule has 0 bridgehead atoms. The standard InChI is InChI=1S/C30H36N6O4/c37-27(23-19-35-25-11-3-1-9-21(23)25)29(39)33-17-7-15-31-13-5-6-14-32-16-8-18-34-30(40)28(38)24-20-36-26-12-4-2-10-22(24)26/h1-4,9-12,19-20,31-32,35-36H,5-8,13-18H2,(H,33,39)(H,34,40). The highest BCUT2D eigenvalue weighted by molar-refractivity contribution is 6.45. The molecule has 2 heterocycles. The van der Waals surface area contributed by atoms with Crippen LogP contribution in [0.2, 0.25) is 0 Å². The second kappa shape index (κ2) is 14.8. The molecule has 6 N–H and O–H groups in total. The van der Waals surface area contributed by atoms with Gasteiger partial charge in [-0.25, -0.2) is 0 Å². The van der Waals surface area contributed by atoms with E-state index in [0.29, 0.717) is 24.2 Å². The quantitative estimate of drug-likeness (QED) is 0.0684. The Morgan fingerprint density at radius 3 is 1.38 bits per heavy atom. The number of unbranched alkanes of at least 4 members (excludes halogenated alkanes) is 1. The molecule has 2 aromatic carbocycles. The van der Waals surface area contributed by atoms with Crippen molar-refractivity contribution < 1.29 is 19.2 Å². The van der Waals surface area contributed by atoms with Crippen molar-refractivity contribution in [1.29, 1.82) is 0 Å². The molecule has 210 valence electrons. The molecule has 2 aromatic heterocycles. The van der Waals surface area contributed by atoms with Crippen molar-refractivity contribution in [2.24, 2.45) is 0 Å². The zero-order valence-corrected chi connectivity index (χ0v) is 22.5. The molecular weight excluding hydrogens is 508 g/mol. The Morgan fingerprint density at radius 1 is 0.525 bits per heavy atom. The zero-order valence-electron chi connectivity index (χ0n) is 22.5. The van der Waals surface area contributed by atoms with Crippen LogP contribution >= 0.6 is 0 Å². The Labute approximate surface area is 232 Å². The number of fused-ring (bicyclic) bond motifs is 2. The molecule has 0 saturated heterocycles. The van der Waals surface area contributed by atoms with Gasteiger partial charge in [-0.2, -0.15) is 0 Å². The topological polar surface area (TPSA) is 148 Å². The van der Waals surface area contributed by atoms with Gasteiger partial charge in [0, 0.05) is 47.3 Å². The Kier molecular flexibility index (Phi) is 10.6. The van der Waals surface area contributed by atoms with Gasteiger partial charge < -0.3 is 31.2 Å². The first kappa shape index (κ1) is 28.7. The number of ketones is 2. The number of benzene rings is 2. The van der Waals surface area contributed by atoms with E-state index >= 15 is 0 Å². The van der Waals surface area contributed by atoms with Crippen LogP contribution in [-0.4, -0.2) is 72.6 Å². The van der Waals surface area contributed by atoms with Gasteiger partial charge in [-0.15, -0.1) is 0 Å². The second-order valence-corrected chi connectivity index (χ2v) is 9.58. The molecule has 0 atom stereocenters. The normalized spacial score (nSPS) is 11.1. The number of Topliss-reactive ketones (excluding diaryl/α,β-unsaturated/α-hetero) is 2. The van der Waals surface area contributed by atoms with Crippen LogP contribution in [0.3, 0.4) is 0 Å². The number of rotatable bonds is 17. The zero-order chi connectivity index (χ0) is 28.2. The summed E-state index contributed by atoms with van der Waals surface area (Å²) in [6, 6.07) is 14.8. The fourth-order valence-corrected chi connectivity index (χ4v) is 4.50. The number of H-pyrrole nitrogens is 2. The van der Waals surface area contributed by atoms with Crippen LogP contribution in [0.4, 0.5) is 0 Å². The van der Waals surface area contributed by atoms with Crippen LogP contribution in [0.1, 0.15) is 46.4 Å². The smallest absolute Gasteiger partial charge is 0.292 e. The molecule has 40 heavy (non-hydrogen) atoms. The van der Waals surface area contributed by atoms with E-state index in [2.05, 4.69) is 31.2 Å². The predicted octanol–water partition coefficient (Wildman–Crippen LogP) is 2.69. The minimum absolute atomic E-state index is 0.390. The van der Waals surface area contributed by atoms with Crippen LogP contribution in [0.25, 0.3) is 21.8 Å². The molecule has 0 aliphatic rings. The molecule has 0 fully saturated rings. The number of amides is 2. The monoisotopic (exact) mass is 544 g/mol. The van der Waals surface area contributed by atoms with Crippen molar-refractivity contribution >= 4 is 45.2 Å². The molecule has 0 radical (unpaired) electrons. The molecule has 10 nitrogen and oxygen atoms in total. The van der Waals surface area contributed by atoms with E-state index < -0.39 is 23.4 Å². The Hall–Kier alpha value is -4.28. The van der Waals surface area contributed by atoms with Crippen LogP contribution in [0.5, 0.6) is 0 Å². The van der Waals surface area contributed by atoms with E-state index in [1.165, 1.54) is 0 Å². The van der Waals surface area contributed by atoms with E-state index in [1.807, 2.05) is 48.5 Å². The van der Waals surface area contributed by atoms with Gasteiger partial charge in [0.25, 0.3) is 23.4 Å². The Balaban J connectivity index is 0.959. The van der Waals surface area contributed by atoms with Gasteiger partial charge in [-0.3, -0.25) is 19.2 Å². The average Bonchev–Trinajstić information content (AvgIpc) is 3.61. The maximum atomic E-state index is 12.4. The number of hydrogen-bond donors (Lipinski definition) is 6. The third-order valence-electron chi connectivity index (χ3n) is 6.67. The first-order valence-electron chi connectivity index (χ1n) is 13.7. The molecule has 4 aromatic rings. The van der Waals surface area contributed by atoms with E-state index in [1.54, 1.807) is 12.4 Å². The lowest BCUT2D eigenvalue weighted by Crippen LogP contribution is -2.33. The summed E-state index contributed by atoms with van der Waals surface area (Å²) in [7, 11) is 0. The Bertz CT molecular complexity index is 1350. The number of para-hydroxylation sites is 2. The van der Waals surface area contributed by atoms with Gasteiger partial charge >= 0.3 is 0 Å². The summed E-state index contributed by atoms with van der Waals surface area (Å²) in [6.45, 7) is 4.13. The Morgan fingerprint density at radius 2 is 0.925 bits per heavy atom. The first-order valence-corrected chi connectivity index (χ1v) is 13.7. The summed E-state index contributed by atoms with van der Waals surface area (Å²) in [5.41, 5.74) is 2.44. The van der Waals surface area contributed by atoms with E-state index in [9.17, 15) is 19.2 Å². The van der Waals surface area contributed by atoms with Gasteiger partial charge in [-0.05, 0) is 64.0 Å². The molecule has 2 amide bonds. The molecule has 0 unspecified atom stereocenters. The van der Waals surface area contributed by atoms with Crippen molar-refractivity contribution in [3.8, 4) is 0 Å². The van der Waals surface area contributed by atoms with Crippen molar-refractivity contribution in [3.05, 3.63) is 72.1 Å². The molecular formula is C30H36N6O4. The molecule has 0 aliphatic carbocycles. The molecule has 4 rings (SSSR count). The van der Waals surface area contributed by atoms with Crippen molar-refractivity contribution in [1.82, 2.24) is 31.2 Å². The van der Waals surface area contributed by atoms with Crippen molar-refractivity contribution in [2.45, 2.75) is 25.7 Å². The highest BCUT2D eigenvalue weighted by atomic mass is 16.2. The number of hydrogen-bond acceptors (Lipinski definition) is 6. The van der Waals surface area contributed by atoms with E-state index in [0.717, 1.165) is 73.7 Å². The summed E-state index contributed by atoms with van der Waals surface area (Å²) in [5.74, 6) is -2.23. The van der Waals surface area contributed by atoms with Crippen LogP contribution in [-0.2, 0) is 9.59 Å². The maximum Gasteiger partial charge on any atom is 0.292 e. The van der Waals surface area contributed by atoms with Crippen LogP contribution < -0.4 is 21.3 Å². The largest absolute Gasteiger partial charge is 0.360 e. The second-order valence-electron chi connectivity index (χ2n) is 9.58. The van der Waals surface area contributed by atoms with Gasteiger partial charge in [0.05, 0.1) is 11.1 Å². The number of carbonyl (C=O) groups excluding carboxylic acids is 4. The fourth-order valence-electron chi connectivity index (χ4n) is 4.50. The molecule has 0 saturated carbocycles. The van der Waals surface area contributed by atoms with Crippen molar-refractivity contribution in [3.63, 3.8) is 0 Å².